The van der Waals surface area contributed by atoms with Gasteiger partial charge in [-0.1, -0.05) is 40.9 Å². The number of hydrogen-bond acceptors (Lipinski definition) is 4. The van der Waals surface area contributed by atoms with Crippen molar-refractivity contribution >= 4 is 46.3 Å². The lowest BCUT2D eigenvalue weighted by Crippen LogP contribution is -2.16. The van der Waals surface area contributed by atoms with E-state index in [9.17, 15) is 4.79 Å². The molecule has 1 N–H and O–H groups in total. The first-order chi connectivity index (χ1) is 12.5. The molecule has 1 aliphatic heterocycles. The van der Waals surface area contributed by atoms with Crippen LogP contribution in [0.15, 0.2) is 48.8 Å². The van der Waals surface area contributed by atoms with E-state index in [0.717, 1.165) is 16.8 Å². The van der Waals surface area contributed by atoms with E-state index in [1.165, 1.54) is 6.33 Å². The smallest absolute Gasteiger partial charge is 0.190 e. The van der Waals surface area contributed by atoms with Crippen molar-refractivity contribution in [3.05, 3.63) is 75.1 Å². The third kappa shape index (κ3) is 3.16. The Kier molecular flexibility index (Phi) is 4.57. The molecule has 0 saturated heterocycles. The minimum atomic E-state index is -0.333. The fraction of sp³-hybridized carbons (Fsp3) is 0.105. The molecule has 0 fully saturated rings. The van der Waals surface area contributed by atoms with Gasteiger partial charge in [0, 0.05) is 22.8 Å². The van der Waals surface area contributed by atoms with Crippen molar-refractivity contribution in [3.63, 3.8) is 0 Å². The highest BCUT2D eigenvalue weighted by Gasteiger charge is 2.30. The largest absolute Gasteiger partial charge is 0.384 e. The molecule has 0 amide bonds. The maximum absolute atomic E-state index is 13.0. The summed E-state index contributed by atoms with van der Waals surface area (Å²) in [6.45, 7) is 0.515. The number of ketones is 1. The van der Waals surface area contributed by atoms with Gasteiger partial charge in [0.05, 0.1) is 21.7 Å². The fourth-order valence-electron chi connectivity index (χ4n) is 3.02. The maximum atomic E-state index is 13.0. The first-order valence-corrected chi connectivity index (χ1v) is 9.01. The molecule has 1 aliphatic rings. The third-order valence-corrected chi connectivity index (χ3v) is 5.31. The van der Waals surface area contributed by atoms with Gasteiger partial charge in [-0.2, -0.15) is 0 Å². The topological polar surface area (TPSA) is 54.9 Å². The van der Waals surface area contributed by atoms with E-state index in [1.54, 1.807) is 30.3 Å². The summed E-state index contributed by atoms with van der Waals surface area (Å²) in [7, 11) is 0. The Labute approximate surface area is 165 Å². The monoisotopic (exact) mass is 403 g/mol. The van der Waals surface area contributed by atoms with Crippen LogP contribution in [0.3, 0.4) is 0 Å². The van der Waals surface area contributed by atoms with Crippen LogP contribution in [-0.4, -0.2) is 22.3 Å². The van der Waals surface area contributed by atoms with Crippen LogP contribution in [0.1, 0.15) is 22.0 Å². The standard InChI is InChI=1S/C19H12Cl3N3O/c20-11-2-4-16-12(6-11)13(8-23-16)19(26)18-7-17(24-9-25-18)10-1-3-14(21)15(22)5-10/h1-7,9,13,23H,8H2. The second-order valence-corrected chi connectivity index (χ2v) is 7.20. The van der Waals surface area contributed by atoms with Crippen molar-refractivity contribution in [3.8, 4) is 11.3 Å². The molecule has 4 rings (SSSR count). The Morgan fingerprint density at radius 3 is 2.65 bits per heavy atom. The molecular formula is C19H12Cl3N3O. The van der Waals surface area contributed by atoms with E-state index >= 15 is 0 Å². The molecule has 0 saturated carbocycles. The van der Waals surface area contributed by atoms with Crippen LogP contribution in [0.5, 0.6) is 0 Å². The third-order valence-electron chi connectivity index (χ3n) is 4.34. The minimum absolute atomic E-state index is 0.0813. The zero-order chi connectivity index (χ0) is 18.3. The number of rotatable bonds is 3. The van der Waals surface area contributed by atoms with Crippen LogP contribution in [0.25, 0.3) is 11.3 Å². The van der Waals surface area contributed by atoms with Gasteiger partial charge in [0.25, 0.3) is 0 Å². The molecule has 0 radical (unpaired) electrons. The predicted molar refractivity (Wildman–Crippen MR) is 105 cm³/mol. The number of anilines is 1. The summed E-state index contributed by atoms with van der Waals surface area (Å²) in [5, 5.41) is 4.73. The highest BCUT2D eigenvalue weighted by Crippen LogP contribution is 2.35. The molecule has 0 aliphatic carbocycles. The molecule has 2 aromatic carbocycles. The molecule has 130 valence electrons. The van der Waals surface area contributed by atoms with Crippen molar-refractivity contribution in [1.29, 1.82) is 0 Å². The van der Waals surface area contributed by atoms with Crippen LogP contribution in [0, 0.1) is 0 Å². The van der Waals surface area contributed by atoms with Crippen LogP contribution in [0.4, 0.5) is 5.69 Å². The highest BCUT2D eigenvalue weighted by atomic mass is 35.5. The van der Waals surface area contributed by atoms with Crippen LogP contribution in [-0.2, 0) is 0 Å². The summed E-state index contributed by atoms with van der Waals surface area (Å²) in [4.78, 5) is 21.4. The number of carbonyl (C=O) groups excluding carboxylic acids is 1. The molecule has 2 heterocycles. The number of nitrogens with zero attached hydrogens (tertiary/aromatic N) is 2. The molecule has 0 bridgehead atoms. The number of halogens is 3. The molecule has 1 unspecified atom stereocenters. The van der Waals surface area contributed by atoms with Gasteiger partial charge in [0.2, 0.25) is 0 Å². The Bertz CT molecular complexity index is 1020. The zero-order valence-electron chi connectivity index (χ0n) is 13.3. The van der Waals surface area contributed by atoms with Gasteiger partial charge in [-0.3, -0.25) is 4.79 Å². The molecule has 0 spiro atoms. The van der Waals surface area contributed by atoms with Crippen LogP contribution in [0.2, 0.25) is 15.1 Å². The highest BCUT2D eigenvalue weighted by molar-refractivity contribution is 6.42. The maximum Gasteiger partial charge on any atom is 0.190 e. The molecule has 7 heteroatoms. The molecule has 3 aromatic rings. The average molecular weight is 405 g/mol. The van der Waals surface area contributed by atoms with Gasteiger partial charge in [-0.05, 0) is 42.0 Å². The van der Waals surface area contributed by atoms with Crippen molar-refractivity contribution in [2.45, 2.75) is 5.92 Å². The molecule has 1 aromatic heterocycles. The summed E-state index contributed by atoms with van der Waals surface area (Å²) in [5.41, 5.74) is 3.53. The summed E-state index contributed by atoms with van der Waals surface area (Å²) in [5.74, 6) is -0.414. The average Bonchev–Trinajstić information content (AvgIpc) is 3.06. The van der Waals surface area contributed by atoms with E-state index in [0.29, 0.717) is 33.0 Å². The number of hydrogen-bond donors (Lipinski definition) is 1. The Morgan fingerprint density at radius 2 is 1.85 bits per heavy atom. The summed E-state index contributed by atoms with van der Waals surface area (Å²) in [6.07, 6.45) is 1.38. The number of carbonyl (C=O) groups is 1. The normalized spacial score (nSPS) is 15.4. The summed E-state index contributed by atoms with van der Waals surface area (Å²) >= 11 is 18.1. The fourth-order valence-corrected chi connectivity index (χ4v) is 3.50. The summed E-state index contributed by atoms with van der Waals surface area (Å²) in [6, 6.07) is 12.4. The Hall–Kier alpha value is -2.14. The minimum Gasteiger partial charge on any atom is -0.384 e. The number of fused-ring (bicyclic) bond motifs is 1. The Morgan fingerprint density at radius 1 is 1.00 bits per heavy atom. The number of benzene rings is 2. The lowest BCUT2D eigenvalue weighted by molar-refractivity contribution is 0.0961. The second-order valence-electron chi connectivity index (χ2n) is 5.95. The predicted octanol–water partition coefficient (Wildman–Crippen LogP) is 5.50. The first kappa shape index (κ1) is 17.3. The van der Waals surface area contributed by atoms with Crippen LogP contribution >= 0.6 is 34.8 Å². The summed E-state index contributed by atoms with van der Waals surface area (Å²) < 4.78 is 0. The van der Waals surface area contributed by atoms with Gasteiger partial charge in [-0.15, -0.1) is 0 Å². The van der Waals surface area contributed by atoms with E-state index < -0.39 is 0 Å². The van der Waals surface area contributed by atoms with E-state index in [2.05, 4.69) is 15.3 Å². The van der Waals surface area contributed by atoms with Gasteiger partial charge in [0.15, 0.2) is 5.78 Å². The van der Waals surface area contributed by atoms with Crippen molar-refractivity contribution < 1.29 is 4.79 Å². The Balaban J connectivity index is 1.68. The number of Topliss-reactive ketones (excluding diaryl/α,β-unsaturated/α-hetero) is 1. The van der Waals surface area contributed by atoms with Crippen molar-refractivity contribution in [1.82, 2.24) is 9.97 Å². The van der Waals surface area contributed by atoms with E-state index in [-0.39, 0.29) is 11.7 Å². The van der Waals surface area contributed by atoms with Crippen molar-refractivity contribution in [2.24, 2.45) is 0 Å². The zero-order valence-corrected chi connectivity index (χ0v) is 15.6. The van der Waals surface area contributed by atoms with E-state index in [1.807, 2.05) is 12.1 Å². The lowest BCUT2D eigenvalue weighted by atomic mass is 9.94. The molecule has 26 heavy (non-hydrogen) atoms. The lowest BCUT2D eigenvalue weighted by Gasteiger charge is -2.10. The van der Waals surface area contributed by atoms with Gasteiger partial charge in [0.1, 0.15) is 12.0 Å². The quantitative estimate of drug-likeness (QED) is 0.586. The second kappa shape index (κ2) is 6.88. The van der Waals surface area contributed by atoms with Gasteiger partial charge >= 0.3 is 0 Å². The SMILES string of the molecule is O=C(c1cc(-c2ccc(Cl)c(Cl)c2)ncn1)C1CNc2ccc(Cl)cc21. The number of aromatic nitrogens is 2. The first-order valence-electron chi connectivity index (χ1n) is 7.88. The molecule has 4 nitrogen and oxygen atoms in total. The van der Waals surface area contributed by atoms with Crippen LogP contribution < -0.4 is 5.32 Å². The van der Waals surface area contributed by atoms with Crippen molar-refractivity contribution in [2.75, 3.05) is 11.9 Å². The molecular weight excluding hydrogens is 393 g/mol. The van der Waals surface area contributed by atoms with Gasteiger partial charge < -0.3 is 5.32 Å². The number of nitrogens with one attached hydrogen (secondary N) is 1. The van der Waals surface area contributed by atoms with E-state index in [4.69, 9.17) is 34.8 Å². The molecule has 1 atom stereocenters. The van der Waals surface area contributed by atoms with Gasteiger partial charge in [-0.25, -0.2) is 9.97 Å².